The fourth-order valence-electron chi connectivity index (χ4n) is 0.951. The third-order valence-electron chi connectivity index (χ3n) is 1.68. The van der Waals surface area contributed by atoms with E-state index in [2.05, 4.69) is 5.32 Å². The van der Waals surface area contributed by atoms with E-state index in [1.54, 1.807) is 7.05 Å². The second kappa shape index (κ2) is 2.87. The predicted octanol–water partition coefficient (Wildman–Crippen LogP) is -1.50. The molecule has 1 aliphatic heterocycles. The van der Waals surface area contributed by atoms with Crippen molar-refractivity contribution in [2.45, 2.75) is 6.04 Å². The Hall–Kier alpha value is -1.10. The van der Waals surface area contributed by atoms with Gasteiger partial charge in [0.1, 0.15) is 6.04 Å². The maximum atomic E-state index is 10.8. The number of carbonyl (C=O) groups is 2. The summed E-state index contributed by atoms with van der Waals surface area (Å²) in [6.07, 6.45) is 0. The van der Waals surface area contributed by atoms with Crippen molar-refractivity contribution in [1.29, 1.82) is 0 Å². The van der Waals surface area contributed by atoms with Crippen molar-refractivity contribution in [3.8, 4) is 0 Å². The Labute approximate surface area is 64.0 Å². The van der Waals surface area contributed by atoms with E-state index >= 15 is 0 Å². The number of aliphatic carboxylic acids is 1. The quantitative estimate of drug-likeness (QED) is 0.487. The Morgan fingerprint density at radius 1 is 1.82 bits per heavy atom. The maximum Gasteiger partial charge on any atom is 0.322 e. The summed E-state index contributed by atoms with van der Waals surface area (Å²) in [5.74, 6) is -0.980. The molecule has 0 bridgehead atoms. The van der Waals surface area contributed by atoms with Crippen LogP contribution in [0.1, 0.15) is 0 Å². The van der Waals surface area contributed by atoms with E-state index in [0.29, 0.717) is 0 Å². The molecule has 1 heterocycles. The minimum absolute atomic E-state index is 0.0671. The van der Waals surface area contributed by atoms with Crippen molar-refractivity contribution in [3.63, 3.8) is 0 Å². The highest BCUT2D eigenvalue weighted by molar-refractivity contribution is 5.83. The lowest BCUT2D eigenvalue weighted by Crippen LogP contribution is -2.55. The third-order valence-corrected chi connectivity index (χ3v) is 1.68. The molecule has 1 atom stereocenters. The normalized spacial score (nSPS) is 25.4. The average molecular weight is 158 g/mol. The van der Waals surface area contributed by atoms with Gasteiger partial charge in [-0.3, -0.25) is 14.9 Å². The number of amides is 1. The fourth-order valence-corrected chi connectivity index (χ4v) is 0.951. The van der Waals surface area contributed by atoms with E-state index in [1.165, 1.54) is 4.90 Å². The van der Waals surface area contributed by atoms with Crippen LogP contribution in [0.25, 0.3) is 0 Å². The standard InChI is InChI=1S/C6H10N2O3/c1-8-3-4(6(10)11)7-2-5(8)9/h4,7H,2-3H2,1H3,(H,10,11)/t4-/m1/s1. The van der Waals surface area contributed by atoms with Crippen molar-refractivity contribution in [1.82, 2.24) is 10.2 Å². The summed E-state index contributed by atoms with van der Waals surface area (Å²) in [7, 11) is 1.60. The maximum absolute atomic E-state index is 10.8. The van der Waals surface area contributed by atoms with Gasteiger partial charge in [-0.1, -0.05) is 0 Å². The van der Waals surface area contributed by atoms with Crippen LogP contribution in [0.3, 0.4) is 0 Å². The van der Waals surface area contributed by atoms with Crippen molar-refractivity contribution in [3.05, 3.63) is 0 Å². The average Bonchev–Trinajstić information content (AvgIpc) is 1.94. The van der Waals surface area contributed by atoms with E-state index in [9.17, 15) is 9.59 Å². The van der Waals surface area contributed by atoms with Gasteiger partial charge in [-0.05, 0) is 0 Å². The summed E-state index contributed by atoms with van der Waals surface area (Å²) in [4.78, 5) is 22.7. The first-order chi connectivity index (χ1) is 5.11. The third kappa shape index (κ3) is 1.68. The molecular formula is C6H10N2O3. The number of carbonyl (C=O) groups excluding carboxylic acids is 1. The molecule has 2 N–H and O–H groups in total. The molecule has 0 aromatic rings. The Morgan fingerprint density at radius 2 is 2.45 bits per heavy atom. The molecule has 0 spiro atoms. The summed E-state index contributed by atoms with van der Waals surface area (Å²) in [5.41, 5.74) is 0. The van der Waals surface area contributed by atoms with E-state index in [0.717, 1.165) is 0 Å². The van der Waals surface area contributed by atoms with Crippen molar-refractivity contribution in [2.24, 2.45) is 0 Å². The van der Waals surface area contributed by atoms with Gasteiger partial charge in [0.25, 0.3) is 0 Å². The Bertz CT molecular complexity index is 192. The largest absolute Gasteiger partial charge is 0.480 e. The SMILES string of the molecule is CN1C[C@H](C(=O)O)NCC1=O. The molecule has 5 nitrogen and oxygen atoms in total. The number of hydrogen-bond acceptors (Lipinski definition) is 3. The zero-order chi connectivity index (χ0) is 8.43. The van der Waals surface area contributed by atoms with Gasteiger partial charge >= 0.3 is 5.97 Å². The lowest BCUT2D eigenvalue weighted by molar-refractivity contribution is -0.143. The van der Waals surface area contributed by atoms with E-state index in [1.807, 2.05) is 0 Å². The Morgan fingerprint density at radius 3 is 2.91 bits per heavy atom. The van der Waals surface area contributed by atoms with Gasteiger partial charge in [0, 0.05) is 13.6 Å². The lowest BCUT2D eigenvalue weighted by atomic mass is 10.2. The molecule has 1 saturated heterocycles. The summed E-state index contributed by atoms with van der Waals surface area (Å²) in [5, 5.41) is 11.1. The molecular weight excluding hydrogens is 148 g/mol. The second-order valence-electron chi connectivity index (χ2n) is 2.55. The highest BCUT2D eigenvalue weighted by Gasteiger charge is 2.26. The van der Waals surface area contributed by atoms with Crippen LogP contribution in [0.15, 0.2) is 0 Å². The molecule has 1 rings (SSSR count). The molecule has 11 heavy (non-hydrogen) atoms. The van der Waals surface area contributed by atoms with Gasteiger partial charge in [-0.2, -0.15) is 0 Å². The number of hydrogen-bond donors (Lipinski definition) is 2. The molecule has 0 saturated carbocycles. The number of likely N-dealkylation sites (N-methyl/N-ethyl adjacent to an activating group) is 1. The molecule has 0 aromatic carbocycles. The zero-order valence-corrected chi connectivity index (χ0v) is 6.20. The van der Waals surface area contributed by atoms with E-state index in [-0.39, 0.29) is 19.0 Å². The first-order valence-corrected chi connectivity index (χ1v) is 3.31. The minimum Gasteiger partial charge on any atom is -0.480 e. The molecule has 5 heteroatoms. The predicted molar refractivity (Wildman–Crippen MR) is 37.1 cm³/mol. The van der Waals surface area contributed by atoms with Gasteiger partial charge in [0.05, 0.1) is 6.54 Å². The van der Waals surface area contributed by atoms with Gasteiger partial charge < -0.3 is 10.0 Å². The number of nitrogens with one attached hydrogen (secondary N) is 1. The van der Waals surface area contributed by atoms with Gasteiger partial charge in [-0.25, -0.2) is 0 Å². The number of carboxylic acid groups (broad SMARTS) is 1. The molecule has 0 unspecified atom stereocenters. The van der Waals surface area contributed by atoms with Crippen LogP contribution in [-0.2, 0) is 9.59 Å². The van der Waals surface area contributed by atoms with Crippen LogP contribution in [0, 0.1) is 0 Å². The van der Waals surface area contributed by atoms with Gasteiger partial charge in [-0.15, -0.1) is 0 Å². The summed E-state index contributed by atoms with van der Waals surface area (Å²) in [6.45, 7) is 0.363. The minimum atomic E-state index is -0.913. The van der Waals surface area contributed by atoms with Crippen LogP contribution in [-0.4, -0.2) is 48.1 Å². The number of nitrogens with zero attached hydrogens (tertiary/aromatic N) is 1. The van der Waals surface area contributed by atoms with Crippen LogP contribution in [0.5, 0.6) is 0 Å². The highest BCUT2D eigenvalue weighted by atomic mass is 16.4. The monoisotopic (exact) mass is 158 g/mol. The van der Waals surface area contributed by atoms with Crippen LogP contribution in [0.2, 0.25) is 0 Å². The van der Waals surface area contributed by atoms with E-state index in [4.69, 9.17) is 5.11 Å². The molecule has 1 fully saturated rings. The molecule has 0 aromatic heterocycles. The van der Waals surface area contributed by atoms with Crippen LogP contribution >= 0.6 is 0 Å². The van der Waals surface area contributed by atoms with Crippen LogP contribution in [0.4, 0.5) is 0 Å². The summed E-state index contributed by atoms with van der Waals surface area (Å²) < 4.78 is 0. The zero-order valence-electron chi connectivity index (χ0n) is 6.20. The second-order valence-corrected chi connectivity index (χ2v) is 2.55. The van der Waals surface area contributed by atoms with Crippen molar-refractivity contribution < 1.29 is 14.7 Å². The lowest BCUT2D eigenvalue weighted by Gasteiger charge is -2.27. The molecule has 0 aliphatic carbocycles. The fraction of sp³-hybridized carbons (Fsp3) is 0.667. The first kappa shape index (κ1) is 8.00. The Balaban J connectivity index is 2.52. The van der Waals surface area contributed by atoms with Gasteiger partial charge in [0.15, 0.2) is 0 Å². The topological polar surface area (TPSA) is 69.6 Å². The van der Waals surface area contributed by atoms with Gasteiger partial charge in [0.2, 0.25) is 5.91 Å². The van der Waals surface area contributed by atoms with Crippen molar-refractivity contribution >= 4 is 11.9 Å². The molecule has 1 amide bonds. The Kier molecular flexibility index (Phi) is 2.09. The number of carboxylic acids is 1. The summed E-state index contributed by atoms with van der Waals surface area (Å²) in [6, 6.07) is -0.613. The van der Waals surface area contributed by atoms with Crippen LogP contribution < -0.4 is 5.32 Å². The molecule has 1 aliphatic rings. The highest BCUT2D eigenvalue weighted by Crippen LogP contribution is 1.96. The first-order valence-electron chi connectivity index (χ1n) is 3.31. The molecule has 62 valence electrons. The molecule has 0 radical (unpaired) electrons. The van der Waals surface area contributed by atoms with E-state index < -0.39 is 12.0 Å². The smallest absolute Gasteiger partial charge is 0.322 e. The summed E-state index contributed by atoms with van der Waals surface area (Å²) >= 11 is 0. The number of rotatable bonds is 1. The number of piperazine rings is 1. The van der Waals surface area contributed by atoms with Crippen molar-refractivity contribution in [2.75, 3.05) is 20.1 Å².